The van der Waals surface area contributed by atoms with Crippen LogP contribution in [0.1, 0.15) is 18.1 Å². The van der Waals surface area contributed by atoms with Gasteiger partial charge in [0, 0.05) is 20.0 Å². The average Bonchev–Trinajstić information content (AvgIpc) is 2.61. The van der Waals surface area contributed by atoms with Gasteiger partial charge in [-0.2, -0.15) is 0 Å². The number of nitrogens with zero attached hydrogens (tertiary/aromatic N) is 1. The predicted molar refractivity (Wildman–Crippen MR) is 53.7 cm³/mol. The normalized spacial score (nSPS) is 13.9. The molecule has 5 nitrogen and oxygen atoms in total. The Kier molecular flexibility index (Phi) is 2.57. The first kappa shape index (κ1) is 9.95. The second kappa shape index (κ2) is 3.88. The highest BCUT2D eigenvalue weighted by Gasteiger charge is 2.20. The number of benzene rings is 1. The molecule has 1 aromatic rings. The van der Waals surface area contributed by atoms with Crippen LogP contribution in [0, 0.1) is 0 Å². The molecule has 0 atom stereocenters. The number of nitrogens with one attached hydrogen (secondary N) is 1. The summed E-state index contributed by atoms with van der Waals surface area (Å²) in [6, 6.07) is 5.56. The Balaban J connectivity index is 2.20. The van der Waals surface area contributed by atoms with Gasteiger partial charge >= 0.3 is 0 Å². The summed E-state index contributed by atoms with van der Waals surface area (Å²) in [6.45, 7) is 2.83. The van der Waals surface area contributed by atoms with Gasteiger partial charge in [-0.15, -0.1) is 4.99 Å². The maximum Gasteiger partial charge on any atom is 0.220 e. The van der Waals surface area contributed by atoms with Crippen LogP contribution in [0.3, 0.4) is 0 Å². The van der Waals surface area contributed by atoms with Crippen LogP contribution in [0.4, 0.5) is 5.69 Å². The van der Waals surface area contributed by atoms with E-state index in [4.69, 9.17) is 5.26 Å². The topological polar surface area (TPSA) is 61.8 Å². The fourth-order valence-electron chi connectivity index (χ4n) is 1.73. The lowest BCUT2D eigenvalue weighted by atomic mass is 10.1. The molecule has 1 aliphatic heterocycles. The summed E-state index contributed by atoms with van der Waals surface area (Å²) in [5, 5.41) is 8.23. The summed E-state index contributed by atoms with van der Waals surface area (Å²) < 4.78 is 0. The van der Waals surface area contributed by atoms with E-state index in [0.29, 0.717) is 18.8 Å². The lowest BCUT2D eigenvalue weighted by molar-refractivity contribution is -0.215. The molecule has 0 aliphatic carbocycles. The van der Waals surface area contributed by atoms with Crippen molar-refractivity contribution in [3.05, 3.63) is 29.3 Å². The van der Waals surface area contributed by atoms with E-state index >= 15 is 0 Å². The van der Waals surface area contributed by atoms with E-state index in [1.54, 1.807) is 17.9 Å². The fourth-order valence-corrected chi connectivity index (χ4v) is 1.73. The van der Waals surface area contributed by atoms with E-state index < -0.39 is 0 Å². The fraction of sp³-hybridized carbons (Fsp3) is 0.300. The van der Waals surface area contributed by atoms with Gasteiger partial charge in [-0.25, -0.2) is 10.7 Å². The smallest absolute Gasteiger partial charge is 0.220 e. The van der Waals surface area contributed by atoms with Crippen LogP contribution < -0.4 is 5.48 Å². The average molecular weight is 208 g/mol. The quantitative estimate of drug-likeness (QED) is 0.569. The summed E-state index contributed by atoms with van der Waals surface area (Å²) in [7, 11) is 0. The highest BCUT2D eigenvalue weighted by atomic mass is 17.2. The van der Waals surface area contributed by atoms with Crippen molar-refractivity contribution >= 4 is 11.6 Å². The number of anilines is 1. The SMILES string of the molecule is CC(=O)N1Cc2ccc(NOO)cc2C1. The van der Waals surface area contributed by atoms with Gasteiger partial charge in [0.05, 0.1) is 5.69 Å². The second-order valence-electron chi connectivity index (χ2n) is 3.55. The minimum Gasteiger partial charge on any atom is -0.334 e. The van der Waals surface area contributed by atoms with Gasteiger partial charge in [-0.1, -0.05) is 6.07 Å². The molecule has 80 valence electrons. The molecule has 1 amide bonds. The minimum absolute atomic E-state index is 0.0686. The second-order valence-corrected chi connectivity index (χ2v) is 3.55. The molecule has 1 heterocycles. The first-order valence-electron chi connectivity index (χ1n) is 4.64. The molecule has 0 aromatic heterocycles. The number of hydrogen-bond acceptors (Lipinski definition) is 4. The molecule has 5 heteroatoms. The van der Waals surface area contributed by atoms with Crippen molar-refractivity contribution in [2.45, 2.75) is 20.0 Å². The zero-order valence-corrected chi connectivity index (χ0v) is 8.36. The van der Waals surface area contributed by atoms with Crippen molar-refractivity contribution in [2.75, 3.05) is 5.48 Å². The number of fused-ring (bicyclic) bond motifs is 1. The van der Waals surface area contributed by atoms with Crippen molar-refractivity contribution in [1.29, 1.82) is 0 Å². The van der Waals surface area contributed by atoms with Crippen molar-refractivity contribution < 1.29 is 15.0 Å². The number of carbonyl (C=O) groups excluding carboxylic acids is 1. The molecule has 2 N–H and O–H groups in total. The molecule has 0 fully saturated rings. The van der Waals surface area contributed by atoms with Gasteiger partial charge in [-0.3, -0.25) is 4.79 Å². The largest absolute Gasteiger partial charge is 0.334 e. The molecule has 2 rings (SSSR count). The summed E-state index contributed by atoms with van der Waals surface area (Å²) in [5.74, 6) is 0.0686. The first-order valence-corrected chi connectivity index (χ1v) is 4.64. The van der Waals surface area contributed by atoms with Crippen molar-refractivity contribution in [2.24, 2.45) is 0 Å². The van der Waals surface area contributed by atoms with Crippen LogP contribution >= 0.6 is 0 Å². The molecular formula is C10H12N2O3. The zero-order valence-electron chi connectivity index (χ0n) is 8.36. The lowest BCUT2D eigenvalue weighted by Gasteiger charge is -2.10. The number of carbonyl (C=O) groups is 1. The third-order valence-corrected chi connectivity index (χ3v) is 2.54. The highest BCUT2D eigenvalue weighted by molar-refractivity contribution is 5.74. The molecule has 0 spiro atoms. The molecule has 0 radical (unpaired) electrons. The van der Waals surface area contributed by atoms with Gasteiger partial charge < -0.3 is 4.90 Å². The summed E-state index contributed by atoms with van der Waals surface area (Å²) in [4.78, 5) is 16.8. The minimum atomic E-state index is 0.0686. The van der Waals surface area contributed by atoms with Crippen LogP contribution in [0.2, 0.25) is 0 Å². The van der Waals surface area contributed by atoms with E-state index in [1.807, 2.05) is 12.1 Å². The Morgan fingerprint density at radius 1 is 1.47 bits per heavy atom. The Hall–Kier alpha value is -1.59. The summed E-state index contributed by atoms with van der Waals surface area (Å²) >= 11 is 0. The molecule has 0 bridgehead atoms. The van der Waals surface area contributed by atoms with Crippen molar-refractivity contribution in [3.63, 3.8) is 0 Å². The molecule has 0 saturated carbocycles. The zero-order chi connectivity index (χ0) is 10.8. The van der Waals surface area contributed by atoms with E-state index in [-0.39, 0.29) is 5.91 Å². The summed E-state index contributed by atoms with van der Waals surface area (Å²) in [6.07, 6.45) is 0. The van der Waals surface area contributed by atoms with Gasteiger partial charge in [0.15, 0.2) is 0 Å². The number of amides is 1. The van der Waals surface area contributed by atoms with Gasteiger partial charge in [-0.05, 0) is 23.3 Å². The van der Waals surface area contributed by atoms with Crippen LogP contribution in [0.15, 0.2) is 18.2 Å². The van der Waals surface area contributed by atoms with Crippen molar-refractivity contribution in [3.8, 4) is 0 Å². The van der Waals surface area contributed by atoms with Crippen molar-refractivity contribution in [1.82, 2.24) is 4.90 Å². The maximum absolute atomic E-state index is 11.2. The molecule has 1 aromatic carbocycles. The van der Waals surface area contributed by atoms with E-state index in [2.05, 4.69) is 10.5 Å². The van der Waals surface area contributed by atoms with E-state index in [1.165, 1.54) is 0 Å². The van der Waals surface area contributed by atoms with Crippen LogP contribution in [-0.4, -0.2) is 16.1 Å². The van der Waals surface area contributed by atoms with Gasteiger partial charge in [0.2, 0.25) is 5.91 Å². The molecule has 1 aliphatic rings. The predicted octanol–water partition coefficient (Wildman–Crippen LogP) is 1.37. The van der Waals surface area contributed by atoms with Crippen LogP contribution in [0.25, 0.3) is 0 Å². The maximum atomic E-state index is 11.2. The monoisotopic (exact) mass is 208 g/mol. The molecule has 15 heavy (non-hydrogen) atoms. The van der Waals surface area contributed by atoms with Crippen LogP contribution in [0.5, 0.6) is 0 Å². The third-order valence-electron chi connectivity index (χ3n) is 2.54. The molecule has 0 unspecified atom stereocenters. The first-order chi connectivity index (χ1) is 7.20. The molecular weight excluding hydrogens is 196 g/mol. The number of rotatable bonds is 2. The van der Waals surface area contributed by atoms with Gasteiger partial charge in [0.1, 0.15) is 0 Å². The van der Waals surface area contributed by atoms with E-state index in [0.717, 1.165) is 11.1 Å². The Labute approximate surface area is 87.1 Å². The Morgan fingerprint density at radius 2 is 2.20 bits per heavy atom. The van der Waals surface area contributed by atoms with Crippen LogP contribution in [-0.2, 0) is 22.9 Å². The number of hydrogen-bond donors (Lipinski definition) is 2. The third kappa shape index (κ3) is 1.93. The summed E-state index contributed by atoms with van der Waals surface area (Å²) in [5.41, 5.74) is 5.21. The lowest BCUT2D eigenvalue weighted by Crippen LogP contribution is -2.21. The highest BCUT2D eigenvalue weighted by Crippen LogP contribution is 2.25. The Morgan fingerprint density at radius 3 is 2.87 bits per heavy atom. The Bertz CT molecular complexity index is 392. The molecule has 0 saturated heterocycles. The standard InChI is InChI=1S/C10H12N2O3/c1-7(13)12-5-8-2-3-10(11-15-14)4-9(8)6-12/h2-4,11,14H,5-6H2,1H3. The van der Waals surface area contributed by atoms with E-state index in [9.17, 15) is 4.79 Å². The van der Waals surface area contributed by atoms with Gasteiger partial charge in [0.25, 0.3) is 0 Å².